The van der Waals surface area contributed by atoms with Crippen molar-refractivity contribution in [2.24, 2.45) is 0 Å². The molecule has 0 N–H and O–H groups in total. The normalized spacial score (nSPS) is 20.2. The smallest absolute Gasteiger partial charge is 0.107 e. The molecule has 0 aliphatic carbocycles. The van der Waals surface area contributed by atoms with Gasteiger partial charge >= 0.3 is 0 Å². The van der Waals surface area contributed by atoms with Crippen LogP contribution in [0.2, 0.25) is 0 Å². The molecule has 1 aromatic rings. The first-order valence-corrected chi connectivity index (χ1v) is 6.98. The molecular weight excluding hydrogens is 218 g/mol. The molecule has 2 heterocycles. The molecule has 1 aliphatic heterocycles. The van der Waals surface area contributed by atoms with Crippen molar-refractivity contribution in [3.8, 4) is 0 Å². The summed E-state index contributed by atoms with van der Waals surface area (Å²) in [5.41, 5.74) is 0. The van der Waals surface area contributed by atoms with Gasteiger partial charge in [-0.3, -0.25) is 9.80 Å². The third kappa shape index (κ3) is 3.27. The second-order valence-corrected chi connectivity index (χ2v) is 5.66. The highest BCUT2D eigenvalue weighted by Gasteiger charge is 2.17. The molecule has 1 fully saturated rings. The number of hydrogen-bond donors (Lipinski definition) is 0. The molecule has 0 amide bonds. The Kier molecular flexibility index (Phi) is 4.32. The van der Waals surface area contributed by atoms with E-state index < -0.39 is 0 Å². The van der Waals surface area contributed by atoms with Crippen LogP contribution in [-0.2, 0) is 6.54 Å². The zero-order valence-electron chi connectivity index (χ0n) is 10.2. The van der Waals surface area contributed by atoms with Crippen LogP contribution < -0.4 is 0 Å². The average molecular weight is 239 g/mol. The molecule has 0 atom stereocenters. The summed E-state index contributed by atoms with van der Waals surface area (Å²) in [5, 5.41) is 3.31. The highest BCUT2D eigenvalue weighted by molar-refractivity contribution is 7.09. The number of hydrogen-bond acceptors (Lipinski definition) is 4. The Hall–Kier alpha value is -0.450. The third-order valence-electron chi connectivity index (χ3n) is 3.20. The van der Waals surface area contributed by atoms with E-state index in [0.717, 1.165) is 6.54 Å². The van der Waals surface area contributed by atoms with E-state index >= 15 is 0 Å². The summed E-state index contributed by atoms with van der Waals surface area (Å²) in [6.07, 6.45) is 3.18. The first-order valence-electron chi connectivity index (χ1n) is 6.10. The lowest BCUT2D eigenvalue weighted by molar-refractivity contribution is 0.218. The lowest BCUT2D eigenvalue weighted by Crippen LogP contribution is -2.34. The molecule has 1 saturated heterocycles. The molecule has 0 radical (unpaired) electrons. The summed E-state index contributed by atoms with van der Waals surface area (Å²) in [5.74, 6) is 0. The van der Waals surface area contributed by atoms with Gasteiger partial charge in [0.25, 0.3) is 0 Å². The van der Waals surface area contributed by atoms with Gasteiger partial charge in [0.05, 0.1) is 6.54 Å². The van der Waals surface area contributed by atoms with Gasteiger partial charge in [0, 0.05) is 30.7 Å². The molecule has 0 bridgehead atoms. The highest BCUT2D eigenvalue weighted by Crippen LogP contribution is 2.12. The summed E-state index contributed by atoms with van der Waals surface area (Å²) in [6, 6.07) is 0.680. The lowest BCUT2D eigenvalue weighted by atomic mass is 10.3. The molecule has 0 spiro atoms. The predicted molar refractivity (Wildman–Crippen MR) is 68.7 cm³/mol. The SMILES string of the molecule is CC(C)N1CCCN(Cc2nccs2)CC1. The summed E-state index contributed by atoms with van der Waals surface area (Å²) in [7, 11) is 0. The van der Waals surface area contributed by atoms with E-state index in [1.54, 1.807) is 11.3 Å². The third-order valence-corrected chi connectivity index (χ3v) is 3.96. The van der Waals surface area contributed by atoms with Gasteiger partial charge in [0.15, 0.2) is 0 Å². The molecule has 1 aliphatic rings. The Balaban J connectivity index is 1.84. The minimum Gasteiger partial charge on any atom is -0.300 e. The molecule has 0 unspecified atom stereocenters. The van der Waals surface area contributed by atoms with Crippen molar-refractivity contribution in [2.75, 3.05) is 26.2 Å². The van der Waals surface area contributed by atoms with Gasteiger partial charge in [-0.25, -0.2) is 4.98 Å². The van der Waals surface area contributed by atoms with Crippen molar-refractivity contribution in [3.63, 3.8) is 0 Å². The van der Waals surface area contributed by atoms with Gasteiger partial charge in [0.2, 0.25) is 0 Å². The van der Waals surface area contributed by atoms with Crippen LogP contribution in [-0.4, -0.2) is 47.0 Å². The van der Waals surface area contributed by atoms with Crippen LogP contribution >= 0.6 is 11.3 Å². The summed E-state index contributed by atoms with van der Waals surface area (Å²) < 4.78 is 0. The standard InChI is InChI=1S/C12H21N3S/c1-11(2)15-6-3-5-14(7-8-15)10-12-13-4-9-16-12/h4,9,11H,3,5-8,10H2,1-2H3. The molecule has 0 aromatic carbocycles. The van der Waals surface area contributed by atoms with Crippen LogP contribution in [0.25, 0.3) is 0 Å². The number of thiazole rings is 1. The minimum atomic E-state index is 0.680. The molecule has 90 valence electrons. The van der Waals surface area contributed by atoms with E-state index in [0.29, 0.717) is 6.04 Å². The molecule has 0 saturated carbocycles. The van der Waals surface area contributed by atoms with Gasteiger partial charge in [-0.05, 0) is 33.4 Å². The molecule has 4 heteroatoms. The predicted octanol–water partition coefficient (Wildman–Crippen LogP) is 2.06. The van der Waals surface area contributed by atoms with Gasteiger partial charge in [-0.2, -0.15) is 0 Å². The number of rotatable bonds is 3. The topological polar surface area (TPSA) is 19.4 Å². The van der Waals surface area contributed by atoms with E-state index in [4.69, 9.17) is 0 Å². The Labute approximate surface area is 102 Å². The monoisotopic (exact) mass is 239 g/mol. The molecule has 3 nitrogen and oxygen atoms in total. The Bertz CT molecular complexity index is 297. The highest BCUT2D eigenvalue weighted by atomic mass is 32.1. The van der Waals surface area contributed by atoms with E-state index in [1.807, 2.05) is 6.20 Å². The first-order chi connectivity index (χ1) is 7.75. The number of nitrogens with zero attached hydrogens (tertiary/aromatic N) is 3. The van der Waals surface area contributed by atoms with Crippen molar-refractivity contribution in [1.29, 1.82) is 0 Å². The van der Waals surface area contributed by atoms with Crippen LogP contribution in [0.4, 0.5) is 0 Å². The summed E-state index contributed by atoms with van der Waals surface area (Å²) >= 11 is 1.76. The van der Waals surface area contributed by atoms with Crippen LogP contribution in [0.1, 0.15) is 25.3 Å². The van der Waals surface area contributed by atoms with E-state index in [1.165, 1.54) is 37.6 Å². The zero-order valence-corrected chi connectivity index (χ0v) is 11.0. The molecule has 2 rings (SSSR count). The van der Waals surface area contributed by atoms with Crippen LogP contribution in [0.3, 0.4) is 0 Å². The fraction of sp³-hybridized carbons (Fsp3) is 0.750. The van der Waals surface area contributed by atoms with E-state index in [-0.39, 0.29) is 0 Å². The van der Waals surface area contributed by atoms with Crippen molar-refractivity contribution >= 4 is 11.3 Å². The average Bonchev–Trinajstić information content (AvgIpc) is 2.63. The quantitative estimate of drug-likeness (QED) is 0.805. The van der Waals surface area contributed by atoms with Gasteiger partial charge < -0.3 is 0 Å². The number of aromatic nitrogens is 1. The van der Waals surface area contributed by atoms with Gasteiger partial charge in [0.1, 0.15) is 5.01 Å². The van der Waals surface area contributed by atoms with Crippen LogP contribution in [0.5, 0.6) is 0 Å². The first kappa shape index (κ1) is 12.0. The molecule has 16 heavy (non-hydrogen) atoms. The van der Waals surface area contributed by atoms with Crippen LogP contribution in [0, 0.1) is 0 Å². The van der Waals surface area contributed by atoms with Crippen molar-refractivity contribution in [3.05, 3.63) is 16.6 Å². The summed E-state index contributed by atoms with van der Waals surface area (Å²) in [4.78, 5) is 9.46. The summed E-state index contributed by atoms with van der Waals surface area (Å²) in [6.45, 7) is 10.4. The fourth-order valence-corrected chi connectivity index (χ4v) is 2.85. The van der Waals surface area contributed by atoms with E-state index in [9.17, 15) is 0 Å². The Morgan fingerprint density at radius 3 is 2.88 bits per heavy atom. The maximum Gasteiger partial charge on any atom is 0.107 e. The van der Waals surface area contributed by atoms with Crippen molar-refractivity contribution in [2.45, 2.75) is 32.9 Å². The largest absolute Gasteiger partial charge is 0.300 e. The van der Waals surface area contributed by atoms with Crippen molar-refractivity contribution < 1.29 is 0 Å². The van der Waals surface area contributed by atoms with Gasteiger partial charge in [-0.15, -0.1) is 11.3 Å². The second kappa shape index (κ2) is 5.75. The minimum absolute atomic E-state index is 0.680. The Morgan fingerprint density at radius 2 is 2.19 bits per heavy atom. The zero-order chi connectivity index (χ0) is 11.4. The van der Waals surface area contributed by atoms with E-state index in [2.05, 4.69) is 34.0 Å². The van der Waals surface area contributed by atoms with Gasteiger partial charge in [-0.1, -0.05) is 0 Å². The second-order valence-electron chi connectivity index (χ2n) is 4.69. The lowest BCUT2D eigenvalue weighted by Gasteiger charge is -2.24. The van der Waals surface area contributed by atoms with Crippen LogP contribution in [0.15, 0.2) is 11.6 Å². The Morgan fingerprint density at radius 1 is 1.31 bits per heavy atom. The molecular formula is C12H21N3S. The maximum atomic E-state index is 4.36. The van der Waals surface area contributed by atoms with Crippen molar-refractivity contribution in [1.82, 2.24) is 14.8 Å². The molecule has 1 aromatic heterocycles. The maximum absolute atomic E-state index is 4.36. The fourth-order valence-electron chi connectivity index (χ4n) is 2.19.